The van der Waals surface area contributed by atoms with Crippen LogP contribution in [0.3, 0.4) is 0 Å². The Kier molecular flexibility index (Phi) is 7.17. The van der Waals surface area contributed by atoms with Crippen LogP contribution in [0.15, 0.2) is 209 Å². The largest absolute Gasteiger partial charge is 0.456 e. The second-order valence-electron chi connectivity index (χ2n) is 14.1. The minimum Gasteiger partial charge on any atom is -0.456 e. The highest BCUT2D eigenvalue weighted by atomic mass is 16.3. The fourth-order valence-corrected chi connectivity index (χ4v) is 8.21. The molecule has 0 fully saturated rings. The van der Waals surface area contributed by atoms with E-state index in [0.29, 0.717) is 0 Å². The summed E-state index contributed by atoms with van der Waals surface area (Å²) in [5.41, 5.74) is 13.7. The smallest absolute Gasteiger partial charge is 0.137 e. The average molecular weight is 704 g/mol. The number of nitrogens with zero attached hydrogens (tertiary/aromatic N) is 1. The number of fused-ring (bicyclic) bond motifs is 7. The fraction of sp³-hybridized carbons (Fsp3) is 0. The molecule has 3 nitrogen and oxygen atoms in total. The van der Waals surface area contributed by atoms with Crippen LogP contribution in [0.5, 0.6) is 0 Å². The maximum atomic E-state index is 6.53. The summed E-state index contributed by atoms with van der Waals surface area (Å²) in [6.45, 7) is 0. The Bertz CT molecular complexity index is 3180. The van der Waals surface area contributed by atoms with Crippen molar-refractivity contribution in [2.24, 2.45) is 0 Å². The molecule has 258 valence electrons. The molecule has 2 aromatic heterocycles. The molecule has 0 atom stereocenters. The molecule has 0 saturated heterocycles. The Morgan fingerprint density at radius 3 is 1.62 bits per heavy atom. The number of hydrogen-bond donors (Lipinski definition) is 0. The average Bonchev–Trinajstić information content (AvgIpc) is 3.82. The van der Waals surface area contributed by atoms with E-state index in [1.165, 1.54) is 27.5 Å². The molecule has 11 aromatic rings. The van der Waals surface area contributed by atoms with E-state index in [9.17, 15) is 0 Å². The molecule has 0 spiro atoms. The van der Waals surface area contributed by atoms with Crippen molar-refractivity contribution in [3.63, 3.8) is 0 Å². The first-order chi connectivity index (χ1) is 27.2. The van der Waals surface area contributed by atoms with Crippen LogP contribution in [0.2, 0.25) is 0 Å². The summed E-state index contributed by atoms with van der Waals surface area (Å²) in [4.78, 5) is 2.36. The predicted molar refractivity (Wildman–Crippen MR) is 229 cm³/mol. The quantitative estimate of drug-likeness (QED) is 0.173. The van der Waals surface area contributed by atoms with Gasteiger partial charge in [0.1, 0.15) is 22.3 Å². The molecular formula is C52H33NO2. The van der Waals surface area contributed by atoms with Gasteiger partial charge in [-0.3, -0.25) is 0 Å². The number of rotatable bonds is 6. The number of benzene rings is 9. The van der Waals surface area contributed by atoms with Crippen molar-refractivity contribution >= 4 is 71.7 Å². The van der Waals surface area contributed by atoms with Crippen molar-refractivity contribution in [1.29, 1.82) is 0 Å². The van der Waals surface area contributed by atoms with Crippen molar-refractivity contribution in [2.75, 3.05) is 4.90 Å². The molecule has 2 heterocycles. The summed E-state index contributed by atoms with van der Waals surface area (Å²) in [5, 5.41) is 6.90. The van der Waals surface area contributed by atoms with Gasteiger partial charge in [-0.2, -0.15) is 0 Å². The van der Waals surface area contributed by atoms with Gasteiger partial charge in [-0.25, -0.2) is 0 Å². The zero-order valence-corrected chi connectivity index (χ0v) is 29.8. The zero-order valence-electron chi connectivity index (χ0n) is 29.8. The lowest BCUT2D eigenvalue weighted by Gasteiger charge is -2.27. The summed E-state index contributed by atoms with van der Waals surface area (Å²) in [6.07, 6.45) is 0. The van der Waals surface area contributed by atoms with E-state index in [1.54, 1.807) is 0 Å². The molecule has 0 aliphatic rings. The highest BCUT2D eigenvalue weighted by Gasteiger charge is 2.20. The van der Waals surface area contributed by atoms with Gasteiger partial charge in [0.25, 0.3) is 0 Å². The van der Waals surface area contributed by atoms with Crippen molar-refractivity contribution in [3.05, 3.63) is 200 Å². The van der Waals surface area contributed by atoms with Crippen LogP contribution in [0.4, 0.5) is 17.1 Å². The van der Waals surface area contributed by atoms with E-state index in [2.05, 4.69) is 193 Å². The van der Waals surface area contributed by atoms with Crippen LogP contribution < -0.4 is 4.90 Å². The summed E-state index contributed by atoms with van der Waals surface area (Å²) in [7, 11) is 0. The molecule has 0 aliphatic heterocycles. The Labute approximate surface area is 317 Å². The summed E-state index contributed by atoms with van der Waals surface area (Å²) in [5.74, 6) is 0. The molecule has 0 unspecified atom stereocenters. The molecule has 0 bridgehead atoms. The molecule has 3 heteroatoms. The SMILES string of the molecule is c1ccc(-c2ccc3oc4cccc(N(c5ccc(-c6ccc7oc8ccccc8c7c6)cc5)c5ccc(-c6cccc7ccccc67)cc5)c4c3c2)cc1. The van der Waals surface area contributed by atoms with E-state index >= 15 is 0 Å². The third-order valence-electron chi connectivity index (χ3n) is 10.9. The highest BCUT2D eigenvalue weighted by molar-refractivity contribution is 6.14. The van der Waals surface area contributed by atoms with E-state index in [4.69, 9.17) is 8.83 Å². The van der Waals surface area contributed by atoms with E-state index in [1.807, 2.05) is 12.1 Å². The molecule has 0 aliphatic carbocycles. The Morgan fingerprint density at radius 2 is 0.836 bits per heavy atom. The molecule has 9 aromatic carbocycles. The van der Waals surface area contributed by atoms with Crippen LogP contribution >= 0.6 is 0 Å². The maximum absolute atomic E-state index is 6.53. The van der Waals surface area contributed by atoms with Gasteiger partial charge in [-0.05, 0) is 111 Å². The molecule has 0 amide bonds. The number of anilines is 3. The maximum Gasteiger partial charge on any atom is 0.137 e. The predicted octanol–water partition coefficient (Wildman–Crippen LogP) is 15.1. The molecular weight excluding hydrogens is 671 g/mol. The van der Waals surface area contributed by atoms with Crippen LogP contribution in [-0.2, 0) is 0 Å². The van der Waals surface area contributed by atoms with Crippen LogP contribution in [0, 0.1) is 0 Å². The third-order valence-corrected chi connectivity index (χ3v) is 10.9. The van der Waals surface area contributed by atoms with Crippen LogP contribution in [-0.4, -0.2) is 0 Å². The van der Waals surface area contributed by atoms with Crippen molar-refractivity contribution in [3.8, 4) is 33.4 Å². The van der Waals surface area contributed by atoms with Gasteiger partial charge in [0.05, 0.1) is 11.1 Å². The highest BCUT2D eigenvalue weighted by Crippen LogP contribution is 2.45. The standard InChI is InChI=1S/C52H33NO2/c1-2-10-34(11-3-1)39-25-31-50-46(33-39)52-47(17-9-19-51(52)55-50)53(41-28-22-37(23-29-41)43-16-8-13-36-12-4-5-14-42(36)43)40-26-20-35(21-27-40)38-24-30-49-45(32-38)44-15-6-7-18-48(44)54-49/h1-33H. The van der Waals surface area contributed by atoms with Gasteiger partial charge in [-0.15, -0.1) is 0 Å². The summed E-state index contributed by atoms with van der Waals surface area (Å²) >= 11 is 0. The van der Waals surface area contributed by atoms with Gasteiger partial charge in [0.2, 0.25) is 0 Å². The second-order valence-corrected chi connectivity index (χ2v) is 14.1. The molecule has 0 radical (unpaired) electrons. The lowest BCUT2D eigenvalue weighted by Crippen LogP contribution is -2.10. The van der Waals surface area contributed by atoms with E-state index < -0.39 is 0 Å². The Hall–Kier alpha value is -7.36. The second kappa shape index (κ2) is 12.6. The minimum absolute atomic E-state index is 0.854. The van der Waals surface area contributed by atoms with Crippen molar-refractivity contribution in [2.45, 2.75) is 0 Å². The van der Waals surface area contributed by atoms with Gasteiger partial charge in [0, 0.05) is 27.5 Å². The van der Waals surface area contributed by atoms with E-state index in [-0.39, 0.29) is 0 Å². The molecule has 0 N–H and O–H groups in total. The summed E-state index contributed by atoms with van der Waals surface area (Å²) in [6, 6.07) is 71.0. The molecule has 11 rings (SSSR count). The monoisotopic (exact) mass is 703 g/mol. The first-order valence-corrected chi connectivity index (χ1v) is 18.7. The van der Waals surface area contributed by atoms with Gasteiger partial charge in [-0.1, -0.05) is 133 Å². The normalized spacial score (nSPS) is 11.6. The lowest BCUT2D eigenvalue weighted by molar-refractivity contribution is 0.668. The third kappa shape index (κ3) is 5.28. The lowest BCUT2D eigenvalue weighted by atomic mass is 9.97. The van der Waals surface area contributed by atoms with Gasteiger partial charge in [0.15, 0.2) is 0 Å². The first-order valence-electron chi connectivity index (χ1n) is 18.7. The van der Waals surface area contributed by atoms with Crippen LogP contribution in [0.25, 0.3) is 88.0 Å². The number of para-hydroxylation sites is 1. The fourth-order valence-electron chi connectivity index (χ4n) is 8.21. The topological polar surface area (TPSA) is 29.5 Å². The Balaban J connectivity index is 1.07. The van der Waals surface area contributed by atoms with Crippen LogP contribution in [0.1, 0.15) is 0 Å². The van der Waals surface area contributed by atoms with Gasteiger partial charge < -0.3 is 13.7 Å². The minimum atomic E-state index is 0.854. The number of hydrogen-bond acceptors (Lipinski definition) is 3. The number of furan rings is 2. The van der Waals surface area contributed by atoms with E-state index in [0.717, 1.165) is 77.6 Å². The first kappa shape index (κ1) is 31.2. The van der Waals surface area contributed by atoms with Gasteiger partial charge >= 0.3 is 0 Å². The molecule has 55 heavy (non-hydrogen) atoms. The zero-order chi connectivity index (χ0) is 36.3. The van der Waals surface area contributed by atoms with Crippen molar-refractivity contribution in [1.82, 2.24) is 0 Å². The Morgan fingerprint density at radius 1 is 0.309 bits per heavy atom. The summed E-state index contributed by atoms with van der Waals surface area (Å²) < 4.78 is 12.7. The van der Waals surface area contributed by atoms with Crippen molar-refractivity contribution < 1.29 is 8.83 Å². The molecule has 0 saturated carbocycles.